The third-order valence-corrected chi connectivity index (χ3v) is 7.34. The molecular formula is C22H22BrN3OS. The van der Waals surface area contributed by atoms with Crippen molar-refractivity contribution >= 4 is 48.5 Å². The molecule has 4 aromatic heterocycles. The third kappa shape index (κ3) is 2.90. The van der Waals surface area contributed by atoms with Gasteiger partial charge in [0.25, 0.3) is 0 Å². The Bertz CT molecular complexity index is 1160. The monoisotopic (exact) mass is 455 g/mol. The Labute approximate surface area is 176 Å². The van der Waals surface area contributed by atoms with Gasteiger partial charge in [-0.1, -0.05) is 6.07 Å². The first-order valence-electron chi connectivity index (χ1n) is 9.67. The lowest BCUT2D eigenvalue weighted by Crippen LogP contribution is -2.28. The van der Waals surface area contributed by atoms with E-state index < -0.39 is 0 Å². The molecule has 0 spiro atoms. The molecule has 1 fully saturated rings. The number of ether oxygens (including phenoxy) is 1. The normalized spacial score (nSPS) is 16.8. The summed E-state index contributed by atoms with van der Waals surface area (Å²) >= 11 is 5.43. The van der Waals surface area contributed by atoms with Crippen LogP contribution in [-0.4, -0.2) is 27.7 Å². The molecule has 1 aliphatic rings. The summed E-state index contributed by atoms with van der Waals surface area (Å²) in [5, 5.41) is 2.25. The lowest BCUT2D eigenvalue weighted by molar-refractivity contribution is 0.0547. The molecule has 5 rings (SSSR count). The van der Waals surface area contributed by atoms with Crippen LogP contribution < -0.4 is 0 Å². The Kier molecular flexibility index (Phi) is 4.73. The van der Waals surface area contributed by atoms with Gasteiger partial charge in [-0.3, -0.25) is 9.97 Å². The number of aryl methyl sites for hydroxylation is 2. The molecule has 0 aliphatic carbocycles. The molecule has 144 valence electrons. The largest absolute Gasteiger partial charge is 0.381 e. The van der Waals surface area contributed by atoms with Gasteiger partial charge in [-0.2, -0.15) is 0 Å². The highest BCUT2D eigenvalue weighted by molar-refractivity contribution is 9.10. The van der Waals surface area contributed by atoms with E-state index in [9.17, 15) is 0 Å². The highest BCUT2D eigenvalue weighted by atomic mass is 79.9. The van der Waals surface area contributed by atoms with Crippen molar-refractivity contribution in [1.29, 1.82) is 0 Å². The second-order valence-electron chi connectivity index (χ2n) is 7.59. The minimum absolute atomic E-state index is 0.175. The lowest BCUT2D eigenvalue weighted by atomic mass is 9.87. The van der Waals surface area contributed by atoms with E-state index in [0.717, 1.165) is 36.0 Å². The first-order valence-corrected chi connectivity index (χ1v) is 11.3. The smallest absolute Gasteiger partial charge is 0.106 e. The molecule has 5 heterocycles. The van der Waals surface area contributed by atoms with Crippen molar-refractivity contribution in [3.63, 3.8) is 0 Å². The SMILES string of the molecule is Cc1cccnc1C(C1CCOCC1)n1c2cc(Br)cnc2c2scc(C)c21. The number of halogens is 1. The summed E-state index contributed by atoms with van der Waals surface area (Å²) in [6, 6.07) is 6.58. The van der Waals surface area contributed by atoms with Gasteiger partial charge in [0.2, 0.25) is 0 Å². The van der Waals surface area contributed by atoms with Gasteiger partial charge in [0.15, 0.2) is 0 Å². The number of pyridine rings is 2. The van der Waals surface area contributed by atoms with Crippen molar-refractivity contribution in [2.75, 3.05) is 13.2 Å². The van der Waals surface area contributed by atoms with Gasteiger partial charge in [-0.25, -0.2) is 0 Å². The molecular weight excluding hydrogens is 434 g/mol. The van der Waals surface area contributed by atoms with E-state index in [1.54, 1.807) is 11.3 Å². The third-order valence-electron chi connectivity index (χ3n) is 5.81. The highest BCUT2D eigenvalue weighted by Crippen LogP contribution is 2.43. The average molecular weight is 456 g/mol. The van der Waals surface area contributed by atoms with Crippen LogP contribution in [0.1, 0.15) is 35.7 Å². The van der Waals surface area contributed by atoms with E-state index in [1.807, 2.05) is 18.5 Å². The molecule has 4 aromatic rings. The molecule has 1 atom stereocenters. The molecule has 0 amide bonds. The van der Waals surface area contributed by atoms with Crippen LogP contribution in [0.2, 0.25) is 0 Å². The predicted molar refractivity (Wildman–Crippen MR) is 118 cm³/mol. The van der Waals surface area contributed by atoms with Crippen LogP contribution in [0, 0.1) is 19.8 Å². The van der Waals surface area contributed by atoms with Crippen molar-refractivity contribution in [3.05, 3.63) is 57.3 Å². The second-order valence-corrected chi connectivity index (χ2v) is 9.38. The van der Waals surface area contributed by atoms with Crippen LogP contribution in [0.3, 0.4) is 0 Å². The topological polar surface area (TPSA) is 39.9 Å². The maximum absolute atomic E-state index is 5.69. The van der Waals surface area contributed by atoms with Crippen molar-refractivity contribution in [2.45, 2.75) is 32.7 Å². The number of thiophene rings is 1. The van der Waals surface area contributed by atoms with Gasteiger partial charge < -0.3 is 9.30 Å². The summed E-state index contributed by atoms with van der Waals surface area (Å²) in [6.07, 6.45) is 5.92. The molecule has 0 aromatic carbocycles. The number of rotatable bonds is 3. The van der Waals surface area contributed by atoms with Gasteiger partial charge in [0.1, 0.15) is 5.52 Å². The first kappa shape index (κ1) is 18.3. The summed E-state index contributed by atoms with van der Waals surface area (Å²) in [5.74, 6) is 0.486. The Morgan fingerprint density at radius 1 is 1.21 bits per heavy atom. The fraction of sp³-hybridized carbons (Fsp3) is 0.364. The number of fused-ring (bicyclic) bond motifs is 3. The van der Waals surface area contributed by atoms with E-state index >= 15 is 0 Å². The highest BCUT2D eigenvalue weighted by Gasteiger charge is 2.32. The average Bonchev–Trinajstić information content (AvgIpc) is 3.23. The first-order chi connectivity index (χ1) is 13.6. The van der Waals surface area contributed by atoms with E-state index in [-0.39, 0.29) is 6.04 Å². The fourth-order valence-corrected chi connectivity index (χ4v) is 5.86. The molecule has 1 unspecified atom stereocenters. The maximum Gasteiger partial charge on any atom is 0.106 e. The lowest BCUT2D eigenvalue weighted by Gasteiger charge is -2.33. The molecule has 0 saturated carbocycles. The van der Waals surface area contributed by atoms with E-state index in [1.165, 1.54) is 32.6 Å². The van der Waals surface area contributed by atoms with E-state index in [2.05, 4.69) is 51.9 Å². The molecule has 6 heteroatoms. The molecule has 1 saturated heterocycles. The zero-order valence-corrected chi connectivity index (χ0v) is 18.4. The molecule has 0 N–H and O–H groups in total. The van der Waals surface area contributed by atoms with Gasteiger partial charge >= 0.3 is 0 Å². The van der Waals surface area contributed by atoms with Gasteiger partial charge in [-0.15, -0.1) is 11.3 Å². The van der Waals surface area contributed by atoms with E-state index in [0.29, 0.717) is 5.92 Å². The molecule has 28 heavy (non-hydrogen) atoms. The second kappa shape index (κ2) is 7.25. The van der Waals surface area contributed by atoms with Crippen LogP contribution in [0.5, 0.6) is 0 Å². The zero-order valence-electron chi connectivity index (χ0n) is 16.0. The van der Waals surface area contributed by atoms with Crippen molar-refractivity contribution in [1.82, 2.24) is 14.5 Å². The molecule has 1 aliphatic heterocycles. The van der Waals surface area contributed by atoms with Gasteiger partial charge in [0.05, 0.1) is 27.5 Å². The Morgan fingerprint density at radius 2 is 2.04 bits per heavy atom. The number of hydrogen-bond acceptors (Lipinski definition) is 4. The van der Waals surface area contributed by atoms with Crippen LogP contribution in [0.15, 0.2) is 40.4 Å². The molecule has 0 radical (unpaired) electrons. The van der Waals surface area contributed by atoms with Crippen molar-refractivity contribution in [3.8, 4) is 0 Å². The summed E-state index contributed by atoms with van der Waals surface area (Å²) < 4.78 is 10.5. The van der Waals surface area contributed by atoms with Crippen LogP contribution >= 0.6 is 27.3 Å². The van der Waals surface area contributed by atoms with Gasteiger partial charge in [-0.05, 0) is 77.2 Å². The van der Waals surface area contributed by atoms with Crippen LogP contribution in [0.4, 0.5) is 0 Å². The van der Waals surface area contributed by atoms with Crippen molar-refractivity contribution < 1.29 is 4.74 Å². The zero-order chi connectivity index (χ0) is 19.3. The van der Waals surface area contributed by atoms with Crippen LogP contribution in [0.25, 0.3) is 21.3 Å². The fourth-order valence-electron chi connectivity index (χ4n) is 4.50. The number of hydrogen-bond donors (Lipinski definition) is 0. The maximum atomic E-state index is 5.69. The Hall–Kier alpha value is -1.76. The standard InChI is InChI=1S/C22H22BrN3OS/c1-13-4-3-7-24-18(13)21(15-5-8-27-9-6-15)26-17-10-16(23)11-25-19(17)22-20(26)14(2)12-28-22/h3-4,7,10-12,15,21H,5-6,8-9H2,1-2H3. The van der Waals surface area contributed by atoms with Gasteiger partial charge in [0, 0.05) is 30.1 Å². The minimum atomic E-state index is 0.175. The van der Waals surface area contributed by atoms with Crippen molar-refractivity contribution in [2.24, 2.45) is 5.92 Å². The predicted octanol–water partition coefficient (Wildman–Crippen LogP) is 6.04. The Morgan fingerprint density at radius 3 is 2.82 bits per heavy atom. The Balaban J connectivity index is 1.85. The molecule has 0 bridgehead atoms. The van der Waals surface area contributed by atoms with Crippen LogP contribution in [-0.2, 0) is 4.74 Å². The quantitative estimate of drug-likeness (QED) is 0.377. The summed E-state index contributed by atoms with van der Waals surface area (Å²) in [4.78, 5) is 9.65. The summed E-state index contributed by atoms with van der Waals surface area (Å²) in [7, 11) is 0. The summed E-state index contributed by atoms with van der Waals surface area (Å²) in [6.45, 7) is 6.02. The number of nitrogens with zero attached hydrogens (tertiary/aromatic N) is 3. The molecule has 4 nitrogen and oxygen atoms in total. The summed E-state index contributed by atoms with van der Waals surface area (Å²) in [5.41, 5.74) is 7.28. The number of aromatic nitrogens is 3. The minimum Gasteiger partial charge on any atom is -0.381 e. The van der Waals surface area contributed by atoms with E-state index in [4.69, 9.17) is 14.7 Å².